The number of benzene rings is 2. The number of aromatic amines is 1. The van der Waals surface area contributed by atoms with E-state index in [1.807, 2.05) is 18.2 Å². The SMILES string of the molecule is O=C(c1ccccc1)C1CCCN1C(=O)CCc1cc2ccc(F)cc2[nH]c1=O. The predicted octanol–water partition coefficient (Wildman–Crippen LogP) is 3.47. The van der Waals surface area contributed by atoms with E-state index in [0.717, 1.165) is 6.42 Å². The second kappa shape index (κ2) is 7.99. The summed E-state index contributed by atoms with van der Waals surface area (Å²) in [6.45, 7) is 0.551. The number of halogens is 1. The van der Waals surface area contributed by atoms with Crippen molar-refractivity contribution in [1.82, 2.24) is 9.88 Å². The van der Waals surface area contributed by atoms with E-state index >= 15 is 0 Å². The lowest BCUT2D eigenvalue weighted by Gasteiger charge is -2.24. The van der Waals surface area contributed by atoms with Gasteiger partial charge in [0.1, 0.15) is 5.82 Å². The zero-order valence-electron chi connectivity index (χ0n) is 15.9. The van der Waals surface area contributed by atoms with Gasteiger partial charge in [-0.05, 0) is 48.9 Å². The lowest BCUT2D eigenvalue weighted by Crippen LogP contribution is -2.40. The number of carbonyl (C=O) groups is 2. The van der Waals surface area contributed by atoms with Crippen LogP contribution in [-0.4, -0.2) is 34.2 Å². The second-order valence-electron chi connectivity index (χ2n) is 7.33. The molecule has 148 valence electrons. The van der Waals surface area contributed by atoms with Crippen LogP contribution < -0.4 is 5.56 Å². The summed E-state index contributed by atoms with van der Waals surface area (Å²) in [6, 6.07) is 14.5. The number of nitrogens with zero attached hydrogens (tertiary/aromatic N) is 1. The van der Waals surface area contributed by atoms with Crippen LogP contribution >= 0.6 is 0 Å². The summed E-state index contributed by atoms with van der Waals surface area (Å²) in [7, 11) is 0. The highest BCUT2D eigenvalue weighted by Gasteiger charge is 2.34. The molecule has 1 atom stereocenters. The third-order valence-corrected chi connectivity index (χ3v) is 5.43. The van der Waals surface area contributed by atoms with Crippen molar-refractivity contribution in [2.75, 3.05) is 6.54 Å². The van der Waals surface area contributed by atoms with Crippen molar-refractivity contribution < 1.29 is 14.0 Å². The van der Waals surface area contributed by atoms with Gasteiger partial charge >= 0.3 is 0 Å². The van der Waals surface area contributed by atoms with E-state index < -0.39 is 11.9 Å². The normalized spacial score (nSPS) is 16.3. The molecule has 4 rings (SSSR count). The van der Waals surface area contributed by atoms with Crippen LogP contribution in [0.25, 0.3) is 10.9 Å². The average molecular weight is 392 g/mol. The molecule has 1 aliphatic rings. The molecule has 1 aromatic heterocycles. The van der Waals surface area contributed by atoms with E-state index in [-0.39, 0.29) is 30.1 Å². The highest BCUT2D eigenvalue weighted by molar-refractivity contribution is 6.02. The number of Topliss-reactive ketones (excluding diaryl/α,β-unsaturated/α-hetero) is 1. The van der Waals surface area contributed by atoms with Crippen LogP contribution in [0.4, 0.5) is 4.39 Å². The number of hydrogen-bond acceptors (Lipinski definition) is 3. The number of amides is 1. The molecule has 0 bridgehead atoms. The van der Waals surface area contributed by atoms with Gasteiger partial charge in [-0.2, -0.15) is 0 Å². The number of fused-ring (bicyclic) bond motifs is 1. The zero-order valence-corrected chi connectivity index (χ0v) is 15.9. The summed E-state index contributed by atoms with van der Waals surface area (Å²) in [5.41, 5.74) is 1.19. The second-order valence-corrected chi connectivity index (χ2v) is 7.33. The number of aromatic nitrogens is 1. The Morgan fingerprint density at radius 3 is 2.69 bits per heavy atom. The molecule has 29 heavy (non-hydrogen) atoms. The molecule has 1 aliphatic heterocycles. The molecule has 3 aromatic rings. The number of pyridine rings is 1. The number of hydrogen-bond donors (Lipinski definition) is 1. The Bertz CT molecular complexity index is 1120. The van der Waals surface area contributed by atoms with Crippen molar-refractivity contribution in [3.8, 4) is 0 Å². The maximum Gasteiger partial charge on any atom is 0.251 e. The maximum atomic E-state index is 13.3. The molecule has 0 radical (unpaired) electrons. The Balaban J connectivity index is 1.47. The van der Waals surface area contributed by atoms with E-state index in [1.54, 1.807) is 29.2 Å². The van der Waals surface area contributed by atoms with Gasteiger partial charge in [0.15, 0.2) is 5.78 Å². The van der Waals surface area contributed by atoms with Crippen molar-refractivity contribution >= 4 is 22.6 Å². The minimum atomic E-state index is -0.442. The smallest absolute Gasteiger partial charge is 0.251 e. The van der Waals surface area contributed by atoms with Gasteiger partial charge in [-0.1, -0.05) is 30.3 Å². The number of aryl methyl sites for hydroxylation is 1. The van der Waals surface area contributed by atoms with Crippen LogP contribution in [0.1, 0.15) is 35.2 Å². The summed E-state index contributed by atoms with van der Waals surface area (Å²) in [4.78, 5) is 42.2. The number of carbonyl (C=O) groups excluding carboxylic acids is 2. The molecular formula is C23H21FN2O3. The van der Waals surface area contributed by atoms with Crippen LogP contribution in [0.15, 0.2) is 59.4 Å². The number of likely N-dealkylation sites (tertiary alicyclic amines) is 1. The first-order valence-corrected chi connectivity index (χ1v) is 9.73. The van der Waals surface area contributed by atoms with Crippen molar-refractivity contribution in [1.29, 1.82) is 0 Å². The van der Waals surface area contributed by atoms with E-state index in [1.165, 1.54) is 12.1 Å². The van der Waals surface area contributed by atoms with Crippen LogP contribution in [-0.2, 0) is 11.2 Å². The quantitative estimate of drug-likeness (QED) is 0.676. The Morgan fingerprint density at radius 2 is 1.90 bits per heavy atom. The Labute approximate surface area is 167 Å². The topological polar surface area (TPSA) is 70.2 Å². The maximum absolute atomic E-state index is 13.3. The molecule has 2 aromatic carbocycles. The van der Waals surface area contributed by atoms with Crippen molar-refractivity contribution in [2.45, 2.75) is 31.7 Å². The number of rotatable bonds is 5. The molecule has 1 fully saturated rings. The standard InChI is InChI=1S/C23H21FN2O3/c24-18-10-8-16-13-17(23(29)25-19(16)14-18)9-11-21(27)26-12-4-7-20(26)22(28)15-5-2-1-3-6-15/h1-3,5-6,8,10,13-14,20H,4,7,9,11-12H2,(H,25,29). The lowest BCUT2D eigenvalue weighted by atomic mass is 10.0. The molecule has 1 unspecified atom stereocenters. The van der Waals surface area contributed by atoms with E-state index in [4.69, 9.17) is 0 Å². The largest absolute Gasteiger partial charge is 0.332 e. The van der Waals surface area contributed by atoms with Gasteiger partial charge in [0, 0.05) is 24.1 Å². The number of nitrogens with one attached hydrogen (secondary N) is 1. The monoisotopic (exact) mass is 392 g/mol. The Morgan fingerprint density at radius 1 is 1.10 bits per heavy atom. The molecule has 1 amide bonds. The highest BCUT2D eigenvalue weighted by Crippen LogP contribution is 2.23. The molecule has 0 saturated carbocycles. The van der Waals surface area contributed by atoms with Gasteiger partial charge < -0.3 is 9.88 Å². The summed E-state index contributed by atoms with van der Waals surface area (Å²) < 4.78 is 13.3. The van der Waals surface area contributed by atoms with Crippen LogP contribution in [0.2, 0.25) is 0 Å². The molecule has 1 saturated heterocycles. The molecular weight excluding hydrogens is 371 g/mol. The summed E-state index contributed by atoms with van der Waals surface area (Å²) in [5.74, 6) is -0.586. The fourth-order valence-corrected chi connectivity index (χ4v) is 3.92. The minimum Gasteiger partial charge on any atom is -0.332 e. The molecule has 6 heteroatoms. The highest BCUT2D eigenvalue weighted by atomic mass is 19.1. The fraction of sp³-hybridized carbons (Fsp3) is 0.261. The van der Waals surface area contributed by atoms with Gasteiger partial charge in [0.2, 0.25) is 5.91 Å². The molecule has 5 nitrogen and oxygen atoms in total. The van der Waals surface area contributed by atoms with Gasteiger partial charge in [-0.15, -0.1) is 0 Å². The fourth-order valence-electron chi connectivity index (χ4n) is 3.92. The first-order valence-electron chi connectivity index (χ1n) is 9.73. The first-order chi connectivity index (χ1) is 14.0. The van der Waals surface area contributed by atoms with Crippen molar-refractivity contribution in [3.63, 3.8) is 0 Å². The van der Waals surface area contributed by atoms with Crippen LogP contribution in [0, 0.1) is 5.82 Å². The van der Waals surface area contributed by atoms with Crippen molar-refractivity contribution in [2.24, 2.45) is 0 Å². The van der Waals surface area contributed by atoms with Gasteiger partial charge in [-0.25, -0.2) is 4.39 Å². The minimum absolute atomic E-state index is 0.0398. The molecule has 1 N–H and O–H groups in total. The Hall–Kier alpha value is -3.28. The van der Waals surface area contributed by atoms with Gasteiger partial charge in [0.25, 0.3) is 5.56 Å². The summed E-state index contributed by atoms with van der Waals surface area (Å²) >= 11 is 0. The zero-order chi connectivity index (χ0) is 20.4. The third kappa shape index (κ3) is 3.97. The molecule has 0 spiro atoms. The van der Waals surface area contributed by atoms with E-state index in [2.05, 4.69) is 4.98 Å². The molecule has 2 heterocycles. The van der Waals surface area contributed by atoms with E-state index in [9.17, 15) is 18.8 Å². The first kappa shape index (κ1) is 19.1. The summed E-state index contributed by atoms with van der Waals surface area (Å²) in [5, 5.41) is 0.715. The third-order valence-electron chi connectivity index (χ3n) is 5.43. The molecule has 0 aliphatic carbocycles. The van der Waals surface area contributed by atoms with Crippen LogP contribution in [0.5, 0.6) is 0 Å². The summed E-state index contributed by atoms with van der Waals surface area (Å²) in [6.07, 6.45) is 1.86. The van der Waals surface area contributed by atoms with Crippen molar-refractivity contribution in [3.05, 3.63) is 81.9 Å². The number of ketones is 1. The lowest BCUT2D eigenvalue weighted by molar-refractivity contribution is -0.131. The van der Waals surface area contributed by atoms with Gasteiger partial charge in [-0.3, -0.25) is 14.4 Å². The van der Waals surface area contributed by atoms with Crippen LogP contribution in [0.3, 0.4) is 0 Å². The predicted molar refractivity (Wildman–Crippen MR) is 108 cm³/mol. The van der Waals surface area contributed by atoms with Gasteiger partial charge in [0.05, 0.1) is 11.6 Å². The Kier molecular flexibility index (Phi) is 5.25. The number of H-pyrrole nitrogens is 1. The van der Waals surface area contributed by atoms with E-state index in [0.29, 0.717) is 35.0 Å². The average Bonchev–Trinajstić information content (AvgIpc) is 3.22.